The largest absolute Gasteiger partial charge is 0.495 e. The highest BCUT2D eigenvalue weighted by Gasteiger charge is 2.24. The lowest BCUT2D eigenvalue weighted by Gasteiger charge is -2.18. The molecule has 0 radical (unpaired) electrons. The van der Waals surface area contributed by atoms with Crippen molar-refractivity contribution in [2.24, 2.45) is 5.92 Å². The molecule has 1 aromatic carbocycles. The van der Waals surface area contributed by atoms with Crippen molar-refractivity contribution in [3.05, 3.63) is 18.2 Å². The summed E-state index contributed by atoms with van der Waals surface area (Å²) in [4.78, 5) is 0.195. The van der Waals surface area contributed by atoms with Gasteiger partial charge in [-0.15, -0.1) is 0 Å². The van der Waals surface area contributed by atoms with E-state index in [4.69, 9.17) is 4.74 Å². The Balaban J connectivity index is 2.24. The van der Waals surface area contributed by atoms with E-state index in [0.717, 1.165) is 24.4 Å². The maximum atomic E-state index is 12.2. The fourth-order valence-corrected chi connectivity index (χ4v) is 3.77. The smallest absolute Gasteiger partial charge is 0.246 e. The number of hydrogen-bond donors (Lipinski definition) is 1. The van der Waals surface area contributed by atoms with Crippen molar-refractivity contribution in [2.75, 3.05) is 26.5 Å². The van der Waals surface area contributed by atoms with E-state index < -0.39 is 10.0 Å². The van der Waals surface area contributed by atoms with E-state index in [0.29, 0.717) is 11.8 Å². The van der Waals surface area contributed by atoms with E-state index in [-0.39, 0.29) is 4.90 Å². The highest BCUT2D eigenvalue weighted by molar-refractivity contribution is 7.89. The molecule has 118 valence electrons. The van der Waals surface area contributed by atoms with Crippen LogP contribution in [0.15, 0.2) is 23.1 Å². The average Bonchev–Trinajstić information content (AvgIpc) is 2.83. The maximum Gasteiger partial charge on any atom is 0.246 e. The first-order chi connectivity index (χ1) is 9.84. The number of benzene rings is 1. The number of anilines is 1. The van der Waals surface area contributed by atoms with Crippen LogP contribution in [0.4, 0.5) is 5.69 Å². The summed E-state index contributed by atoms with van der Waals surface area (Å²) in [6.07, 6.45) is 3.54. The first-order valence-electron chi connectivity index (χ1n) is 7.21. The van der Waals surface area contributed by atoms with Gasteiger partial charge in [0.15, 0.2) is 0 Å². The maximum absolute atomic E-state index is 12.2. The van der Waals surface area contributed by atoms with Gasteiger partial charge in [0.1, 0.15) is 10.6 Å². The molecular weight excluding hydrogens is 288 g/mol. The number of methoxy groups -OCH3 is 1. The lowest BCUT2D eigenvalue weighted by atomic mass is 10.1. The number of rotatable bonds is 5. The number of ether oxygens (including phenoxy) is 1. The summed E-state index contributed by atoms with van der Waals surface area (Å²) in [5.41, 5.74) is 0.906. The Hall–Kier alpha value is -1.27. The van der Waals surface area contributed by atoms with E-state index in [9.17, 15) is 8.42 Å². The van der Waals surface area contributed by atoms with E-state index in [2.05, 4.69) is 12.2 Å². The number of nitrogens with one attached hydrogen (secondary N) is 1. The second-order valence-electron chi connectivity index (χ2n) is 5.91. The molecule has 2 rings (SSSR count). The molecule has 2 unspecified atom stereocenters. The molecule has 1 aromatic rings. The fourth-order valence-electron chi connectivity index (χ4n) is 2.74. The Morgan fingerprint density at radius 1 is 1.29 bits per heavy atom. The summed E-state index contributed by atoms with van der Waals surface area (Å²) in [7, 11) is 1.03. The van der Waals surface area contributed by atoms with E-state index in [1.165, 1.54) is 31.9 Å². The Morgan fingerprint density at radius 3 is 2.52 bits per heavy atom. The Kier molecular flexibility index (Phi) is 4.78. The summed E-state index contributed by atoms with van der Waals surface area (Å²) >= 11 is 0. The van der Waals surface area contributed by atoms with Crippen molar-refractivity contribution in [1.29, 1.82) is 0 Å². The predicted octanol–water partition coefficient (Wildman–Crippen LogP) is 2.55. The van der Waals surface area contributed by atoms with Crippen LogP contribution in [-0.2, 0) is 10.0 Å². The van der Waals surface area contributed by atoms with Crippen molar-refractivity contribution in [3.63, 3.8) is 0 Å². The van der Waals surface area contributed by atoms with Gasteiger partial charge in [-0.1, -0.05) is 6.92 Å². The number of hydrogen-bond acceptors (Lipinski definition) is 4. The van der Waals surface area contributed by atoms with Gasteiger partial charge >= 0.3 is 0 Å². The summed E-state index contributed by atoms with van der Waals surface area (Å²) in [5, 5.41) is 3.47. The van der Waals surface area contributed by atoms with Gasteiger partial charge in [-0.3, -0.25) is 0 Å². The van der Waals surface area contributed by atoms with Gasteiger partial charge in [0.2, 0.25) is 10.0 Å². The topological polar surface area (TPSA) is 58.6 Å². The molecule has 1 saturated carbocycles. The minimum atomic E-state index is -3.49. The van der Waals surface area contributed by atoms with Gasteiger partial charge < -0.3 is 10.1 Å². The molecule has 1 aliphatic carbocycles. The van der Waals surface area contributed by atoms with Crippen molar-refractivity contribution < 1.29 is 13.2 Å². The van der Waals surface area contributed by atoms with Crippen molar-refractivity contribution in [1.82, 2.24) is 4.31 Å². The summed E-state index contributed by atoms with van der Waals surface area (Å²) in [6, 6.07) is 5.64. The van der Waals surface area contributed by atoms with Crippen LogP contribution in [0.2, 0.25) is 0 Å². The third kappa shape index (κ3) is 3.49. The first-order valence-corrected chi connectivity index (χ1v) is 8.65. The second-order valence-corrected chi connectivity index (χ2v) is 8.03. The molecule has 0 heterocycles. The Bertz CT molecular complexity index is 599. The molecule has 0 bridgehead atoms. The average molecular weight is 312 g/mol. The van der Waals surface area contributed by atoms with Gasteiger partial charge in [0.05, 0.1) is 7.11 Å². The summed E-state index contributed by atoms with van der Waals surface area (Å²) in [6.45, 7) is 2.26. The van der Waals surface area contributed by atoms with Crippen LogP contribution < -0.4 is 10.1 Å². The summed E-state index contributed by atoms with van der Waals surface area (Å²) < 4.78 is 30.9. The molecule has 1 N–H and O–H groups in total. The second kappa shape index (κ2) is 6.23. The standard InChI is InChI=1S/C15H24N2O3S/c1-11-5-6-12(9-11)16-13-7-8-15(14(10-13)20-4)21(18,19)17(2)3/h7-8,10-12,16H,5-6,9H2,1-4H3. The Morgan fingerprint density at radius 2 is 2.00 bits per heavy atom. The molecule has 6 heteroatoms. The van der Waals surface area contributed by atoms with Crippen molar-refractivity contribution in [3.8, 4) is 5.75 Å². The normalized spacial score (nSPS) is 22.5. The van der Waals surface area contributed by atoms with Crippen LogP contribution in [0.25, 0.3) is 0 Å². The molecule has 0 amide bonds. The zero-order valence-electron chi connectivity index (χ0n) is 13.1. The Labute approximate surface area is 127 Å². The van der Waals surface area contributed by atoms with Crippen LogP contribution >= 0.6 is 0 Å². The molecule has 21 heavy (non-hydrogen) atoms. The predicted molar refractivity (Wildman–Crippen MR) is 84.3 cm³/mol. The van der Waals surface area contributed by atoms with E-state index in [1.807, 2.05) is 6.07 Å². The molecule has 0 aliphatic heterocycles. The third-order valence-electron chi connectivity index (χ3n) is 3.99. The van der Waals surface area contributed by atoms with Crippen LogP contribution in [0.1, 0.15) is 26.2 Å². The molecular formula is C15H24N2O3S. The monoisotopic (exact) mass is 312 g/mol. The first kappa shape index (κ1) is 16.1. The molecule has 0 saturated heterocycles. The molecule has 2 atom stereocenters. The third-order valence-corrected chi connectivity index (χ3v) is 5.84. The minimum absolute atomic E-state index is 0.195. The zero-order valence-corrected chi connectivity index (χ0v) is 13.9. The van der Waals surface area contributed by atoms with Gasteiger partial charge in [0.25, 0.3) is 0 Å². The van der Waals surface area contributed by atoms with Crippen LogP contribution in [0.5, 0.6) is 5.75 Å². The SMILES string of the molecule is COc1cc(NC2CCC(C)C2)ccc1S(=O)(=O)N(C)C. The van der Waals surface area contributed by atoms with Gasteiger partial charge in [-0.05, 0) is 37.3 Å². The van der Waals surface area contributed by atoms with E-state index >= 15 is 0 Å². The minimum Gasteiger partial charge on any atom is -0.495 e. The van der Waals surface area contributed by atoms with Crippen LogP contribution in [0, 0.1) is 5.92 Å². The van der Waals surface area contributed by atoms with Gasteiger partial charge in [0, 0.05) is 31.9 Å². The van der Waals surface area contributed by atoms with Crippen LogP contribution in [-0.4, -0.2) is 40.0 Å². The van der Waals surface area contributed by atoms with Gasteiger partial charge in [-0.25, -0.2) is 12.7 Å². The molecule has 0 spiro atoms. The van der Waals surface area contributed by atoms with Crippen LogP contribution in [0.3, 0.4) is 0 Å². The van der Waals surface area contributed by atoms with Gasteiger partial charge in [-0.2, -0.15) is 0 Å². The van der Waals surface area contributed by atoms with Crippen molar-refractivity contribution >= 4 is 15.7 Å². The molecule has 1 fully saturated rings. The van der Waals surface area contributed by atoms with E-state index in [1.54, 1.807) is 12.1 Å². The van der Waals surface area contributed by atoms with Crippen molar-refractivity contribution in [2.45, 2.75) is 37.1 Å². The lowest BCUT2D eigenvalue weighted by Crippen LogP contribution is -2.23. The summed E-state index contributed by atoms with van der Waals surface area (Å²) in [5.74, 6) is 1.12. The fraction of sp³-hybridized carbons (Fsp3) is 0.600. The molecule has 1 aliphatic rings. The zero-order chi connectivity index (χ0) is 15.6. The lowest BCUT2D eigenvalue weighted by molar-refractivity contribution is 0.400. The quantitative estimate of drug-likeness (QED) is 0.908. The highest BCUT2D eigenvalue weighted by atomic mass is 32.2. The number of sulfonamides is 1. The number of nitrogens with zero attached hydrogens (tertiary/aromatic N) is 1. The molecule has 0 aromatic heterocycles. The molecule has 5 nitrogen and oxygen atoms in total. The highest BCUT2D eigenvalue weighted by Crippen LogP contribution is 2.32.